The third-order valence-electron chi connectivity index (χ3n) is 1.18. The minimum Gasteiger partial charge on any atom is -0.276 e. The van der Waals surface area contributed by atoms with Gasteiger partial charge < -0.3 is 0 Å². The lowest BCUT2D eigenvalue weighted by atomic mass is 10.2. The van der Waals surface area contributed by atoms with E-state index in [2.05, 4.69) is 0 Å². The Hall–Kier alpha value is -0.180. The van der Waals surface area contributed by atoms with Crippen LogP contribution in [-0.4, -0.2) is 5.24 Å². The van der Waals surface area contributed by atoms with Crippen molar-refractivity contribution >= 4 is 38.5 Å². The first-order valence-corrected chi connectivity index (χ1v) is 4.85. The fourth-order valence-corrected chi connectivity index (χ4v) is 1.69. The van der Waals surface area contributed by atoms with E-state index in [0.717, 1.165) is 11.0 Å². The van der Waals surface area contributed by atoms with Crippen LogP contribution in [0, 0.1) is 0 Å². The van der Waals surface area contributed by atoms with E-state index in [4.69, 9.17) is 22.3 Å². The van der Waals surface area contributed by atoms with Gasteiger partial charge in [0.15, 0.2) is 0 Å². The summed E-state index contributed by atoms with van der Waals surface area (Å²) in [6.45, 7) is 0. The standard InChI is InChI=1S/C7H4Cl2OS/c8-7(10)5-3-1-2-4-6(5)11-9/h1-4H. The van der Waals surface area contributed by atoms with Crippen molar-refractivity contribution in [3.8, 4) is 0 Å². The predicted molar refractivity (Wildman–Crippen MR) is 48.3 cm³/mol. The van der Waals surface area contributed by atoms with Crippen molar-refractivity contribution in [2.24, 2.45) is 0 Å². The van der Waals surface area contributed by atoms with E-state index >= 15 is 0 Å². The van der Waals surface area contributed by atoms with Gasteiger partial charge in [-0.05, 0) is 45.4 Å². The Labute approximate surface area is 78.2 Å². The molecule has 0 N–H and O–H groups in total. The summed E-state index contributed by atoms with van der Waals surface area (Å²) in [6, 6.07) is 6.92. The van der Waals surface area contributed by atoms with Crippen LogP contribution in [0.2, 0.25) is 0 Å². The summed E-state index contributed by atoms with van der Waals surface area (Å²) in [5.74, 6) is 0. The molecule has 4 heteroatoms. The predicted octanol–water partition coefficient (Wildman–Crippen LogP) is 3.31. The lowest BCUT2D eigenvalue weighted by Crippen LogP contribution is -1.89. The number of rotatable bonds is 2. The van der Waals surface area contributed by atoms with Gasteiger partial charge in [-0.15, -0.1) is 0 Å². The maximum absolute atomic E-state index is 10.7. The second-order valence-corrected chi connectivity index (χ2v) is 3.25. The van der Waals surface area contributed by atoms with Gasteiger partial charge in [-0.25, -0.2) is 0 Å². The average Bonchev–Trinajstić information content (AvgIpc) is 2.04. The van der Waals surface area contributed by atoms with Crippen LogP contribution in [-0.2, 0) is 0 Å². The molecule has 1 aromatic rings. The Morgan fingerprint density at radius 1 is 1.36 bits per heavy atom. The largest absolute Gasteiger partial charge is 0.276 e. The van der Waals surface area contributed by atoms with Crippen molar-refractivity contribution in [3.63, 3.8) is 0 Å². The summed E-state index contributed by atoms with van der Waals surface area (Å²) in [4.78, 5) is 11.4. The second kappa shape index (κ2) is 4.00. The molecule has 0 atom stereocenters. The molecule has 0 aliphatic rings. The summed E-state index contributed by atoms with van der Waals surface area (Å²) in [7, 11) is 6.47. The highest BCUT2D eigenvalue weighted by atomic mass is 35.7. The highest BCUT2D eigenvalue weighted by Gasteiger charge is 2.06. The van der Waals surface area contributed by atoms with Crippen LogP contribution in [0.15, 0.2) is 29.2 Å². The van der Waals surface area contributed by atoms with Crippen molar-refractivity contribution in [1.82, 2.24) is 0 Å². The number of hydrogen-bond acceptors (Lipinski definition) is 2. The van der Waals surface area contributed by atoms with Crippen LogP contribution in [0.1, 0.15) is 10.4 Å². The number of halogens is 2. The summed E-state index contributed by atoms with van der Waals surface area (Å²) >= 11 is 5.28. The zero-order valence-electron chi connectivity index (χ0n) is 5.38. The normalized spacial score (nSPS) is 9.64. The van der Waals surface area contributed by atoms with E-state index in [1.165, 1.54) is 0 Å². The molecule has 58 valence electrons. The fourth-order valence-electron chi connectivity index (χ4n) is 0.696. The average molecular weight is 207 g/mol. The van der Waals surface area contributed by atoms with Crippen molar-refractivity contribution < 1.29 is 4.79 Å². The fraction of sp³-hybridized carbons (Fsp3) is 0. The lowest BCUT2D eigenvalue weighted by Gasteiger charge is -1.98. The van der Waals surface area contributed by atoms with Crippen LogP contribution >= 0.6 is 33.3 Å². The van der Waals surface area contributed by atoms with Crippen LogP contribution in [0.5, 0.6) is 0 Å². The quantitative estimate of drug-likeness (QED) is 0.692. The van der Waals surface area contributed by atoms with Gasteiger partial charge in [0.1, 0.15) is 0 Å². The van der Waals surface area contributed by atoms with Crippen molar-refractivity contribution in [2.75, 3.05) is 0 Å². The Balaban J connectivity index is 3.12. The lowest BCUT2D eigenvalue weighted by molar-refractivity contribution is 0.107. The van der Waals surface area contributed by atoms with E-state index in [-0.39, 0.29) is 0 Å². The van der Waals surface area contributed by atoms with Gasteiger partial charge in [-0.2, -0.15) is 0 Å². The van der Waals surface area contributed by atoms with Gasteiger partial charge in [0.05, 0.1) is 0 Å². The summed E-state index contributed by atoms with van der Waals surface area (Å²) < 4.78 is 0. The van der Waals surface area contributed by atoms with Crippen molar-refractivity contribution in [3.05, 3.63) is 29.8 Å². The molecule has 0 saturated heterocycles. The van der Waals surface area contributed by atoms with Gasteiger partial charge in [0, 0.05) is 10.5 Å². The van der Waals surface area contributed by atoms with Crippen LogP contribution in [0.3, 0.4) is 0 Å². The van der Waals surface area contributed by atoms with Gasteiger partial charge >= 0.3 is 0 Å². The second-order valence-electron chi connectivity index (χ2n) is 1.85. The molecule has 0 unspecified atom stereocenters. The molecule has 0 amide bonds. The first kappa shape index (κ1) is 8.91. The molecule has 0 fully saturated rings. The third kappa shape index (κ3) is 2.12. The molecular formula is C7H4Cl2OS. The highest BCUT2D eigenvalue weighted by molar-refractivity contribution is 8.21. The topological polar surface area (TPSA) is 17.1 Å². The van der Waals surface area contributed by atoms with Crippen LogP contribution in [0.4, 0.5) is 0 Å². The molecule has 1 aromatic carbocycles. The third-order valence-corrected chi connectivity index (χ3v) is 2.41. The minimum atomic E-state index is -0.478. The van der Waals surface area contributed by atoms with Crippen LogP contribution < -0.4 is 0 Å². The number of hydrogen-bond donors (Lipinski definition) is 0. The summed E-state index contributed by atoms with van der Waals surface area (Å²) in [6.07, 6.45) is 0. The Kier molecular flexibility index (Phi) is 3.24. The molecule has 1 nitrogen and oxygen atoms in total. The summed E-state index contributed by atoms with van der Waals surface area (Å²) in [5, 5.41) is -0.478. The van der Waals surface area contributed by atoms with Gasteiger partial charge in [-0.1, -0.05) is 12.1 Å². The molecule has 0 aliphatic heterocycles. The van der Waals surface area contributed by atoms with Gasteiger partial charge in [0.25, 0.3) is 5.24 Å². The molecule has 0 saturated carbocycles. The first-order valence-electron chi connectivity index (χ1n) is 2.83. The molecule has 1 rings (SSSR count). The molecule has 0 aromatic heterocycles. The molecule has 0 heterocycles. The SMILES string of the molecule is O=C(Cl)c1ccccc1SCl. The van der Waals surface area contributed by atoms with Gasteiger partial charge in [0.2, 0.25) is 0 Å². The summed E-state index contributed by atoms with van der Waals surface area (Å²) in [5.41, 5.74) is 0.453. The zero-order chi connectivity index (χ0) is 8.27. The smallest absolute Gasteiger partial charge is 0.253 e. The molecule has 0 spiro atoms. The first-order chi connectivity index (χ1) is 5.25. The molecule has 0 aliphatic carbocycles. The molecular weight excluding hydrogens is 203 g/mol. The maximum Gasteiger partial charge on any atom is 0.253 e. The monoisotopic (exact) mass is 206 g/mol. The van der Waals surface area contributed by atoms with E-state index in [9.17, 15) is 4.79 Å². The Morgan fingerprint density at radius 3 is 2.45 bits per heavy atom. The zero-order valence-corrected chi connectivity index (χ0v) is 7.71. The Bertz CT molecular complexity index is 275. The van der Waals surface area contributed by atoms with Crippen molar-refractivity contribution in [1.29, 1.82) is 0 Å². The molecule has 0 radical (unpaired) electrons. The number of carbonyl (C=O) groups is 1. The van der Waals surface area contributed by atoms with E-state index < -0.39 is 5.24 Å². The maximum atomic E-state index is 10.7. The molecule has 0 bridgehead atoms. The van der Waals surface area contributed by atoms with E-state index in [1.54, 1.807) is 24.3 Å². The number of benzene rings is 1. The Morgan fingerprint density at radius 2 is 2.00 bits per heavy atom. The highest BCUT2D eigenvalue weighted by Crippen LogP contribution is 2.26. The van der Waals surface area contributed by atoms with E-state index in [0.29, 0.717) is 10.5 Å². The van der Waals surface area contributed by atoms with Crippen LogP contribution in [0.25, 0.3) is 0 Å². The minimum absolute atomic E-state index is 0.453. The molecule has 11 heavy (non-hydrogen) atoms. The van der Waals surface area contributed by atoms with Gasteiger partial charge in [-0.3, -0.25) is 4.79 Å². The number of carbonyl (C=O) groups excluding carboxylic acids is 1. The van der Waals surface area contributed by atoms with Crippen molar-refractivity contribution in [2.45, 2.75) is 4.90 Å². The van der Waals surface area contributed by atoms with E-state index in [1.807, 2.05) is 0 Å².